The van der Waals surface area contributed by atoms with Crippen LogP contribution in [0.3, 0.4) is 0 Å². The Balaban J connectivity index is 1.68. The number of azide groups is 1. The molecule has 4 aliphatic rings. The Morgan fingerprint density at radius 2 is 1.81 bits per heavy atom. The molecule has 0 N–H and O–H groups in total. The van der Waals surface area contributed by atoms with Crippen LogP contribution in [0.1, 0.15) is 71.6 Å². The summed E-state index contributed by atoms with van der Waals surface area (Å²) >= 11 is 0. The zero-order valence-corrected chi connectivity index (χ0v) is 16.0. The summed E-state index contributed by atoms with van der Waals surface area (Å²) in [5.74, 6) is 2.51. The van der Waals surface area contributed by atoms with Crippen LogP contribution in [0.4, 0.5) is 0 Å². The van der Waals surface area contributed by atoms with Crippen LogP contribution >= 0.6 is 0 Å². The summed E-state index contributed by atoms with van der Waals surface area (Å²) in [7, 11) is 0. The van der Waals surface area contributed by atoms with Crippen molar-refractivity contribution in [3.05, 3.63) is 21.6 Å². The van der Waals surface area contributed by atoms with E-state index in [-0.39, 0.29) is 16.6 Å². The van der Waals surface area contributed by atoms with Crippen molar-refractivity contribution in [3.63, 3.8) is 0 Å². The van der Waals surface area contributed by atoms with Gasteiger partial charge in [0, 0.05) is 29.7 Å². The van der Waals surface area contributed by atoms with E-state index in [0.717, 1.165) is 50.5 Å². The highest BCUT2D eigenvalue weighted by Gasteiger charge is 2.59. The van der Waals surface area contributed by atoms with Gasteiger partial charge in [-0.2, -0.15) is 0 Å². The van der Waals surface area contributed by atoms with Crippen LogP contribution in [-0.4, -0.2) is 18.1 Å². The van der Waals surface area contributed by atoms with E-state index in [1.165, 1.54) is 5.57 Å². The summed E-state index contributed by atoms with van der Waals surface area (Å²) in [5, 5.41) is 3.66. The molecule has 5 heteroatoms. The van der Waals surface area contributed by atoms with Crippen LogP contribution in [0.15, 0.2) is 16.3 Å². The molecule has 0 saturated heterocycles. The summed E-state index contributed by atoms with van der Waals surface area (Å²) in [6, 6.07) is 0. The highest BCUT2D eigenvalue weighted by molar-refractivity contribution is 5.97. The number of ketones is 2. The Kier molecular flexibility index (Phi) is 4.26. The maximum atomic E-state index is 12.6. The number of hydrogen-bond acceptors (Lipinski definition) is 3. The van der Waals surface area contributed by atoms with Gasteiger partial charge in [-0.05, 0) is 79.2 Å². The lowest BCUT2D eigenvalue weighted by molar-refractivity contribution is -0.132. The van der Waals surface area contributed by atoms with Gasteiger partial charge in [0.05, 0.1) is 0 Å². The molecule has 3 saturated carbocycles. The molecule has 0 amide bonds. The van der Waals surface area contributed by atoms with E-state index in [0.29, 0.717) is 42.9 Å². The van der Waals surface area contributed by atoms with Crippen LogP contribution in [0, 0.1) is 28.6 Å². The van der Waals surface area contributed by atoms with Crippen molar-refractivity contribution in [3.8, 4) is 0 Å². The molecule has 4 aliphatic carbocycles. The Morgan fingerprint density at radius 3 is 2.58 bits per heavy atom. The second kappa shape index (κ2) is 6.23. The second-order valence-corrected chi connectivity index (χ2v) is 9.34. The Hall–Kier alpha value is -1.61. The quantitative estimate of drug-likeness (QED) is 0.398. The molecule has 26 heavy (non-hydrogen) atoms. The van der Waals surface area contributed by atoms with Gasteiger partial charge in [0.15, 0.2) is 5.78 Å². The highest BCUT2D eigenvalue weighted by atomic mass is 16.1. The van der Waals surface area contributed by atoms with E-state index >= 15 is 0 Å². The zero-order chi connectivity index (χ0) is 18.5. The smallest absolute Gasteiger partial charge is 0.158 e. The number of carbonyl (C=O) groups is 2. The predicted molar refractivity (Wildman–Crippen MR) is 99.3 cm³/mol. The first-order valence-corrected chi connectivity index (χ1v) is 10.2. The van der Waals surface area contributed by atoms with Gasteiger partial charge >= 0.3 is 0 Å². The lowest BCUT2D eigenvalue weighted by Gasteiger charge is -2.57. The molecule has 5 nitrogen and oxygen atoms in total. The lowest BCUT2D eigenvalue weighted by Crippen LogP contribution is -2.51. The molecule has 0 aromatic heterocycles. The summed E-state index contributed by atoms with van der Waals surface area (Å²) in [5.41, 5.74) is 10.9. The van der Waals surface area contributed by atoms with Gasteiger partial charge in [-0.1, -0.05) is 24.5 Å². The predicted octanol–water partition coefficient (Wildman–Crippen LogP) is 5.16. The summed E-state index contributed by atoms with van der Waals surface area (Å²) in [6.07, 6.45) is 8.21. The molecule has 0 radical (unpaired) electrons. The van der Waals surface area contributed by atoms with Crippen LogP contribution in [-0.2, 0) is 9.59 Å². The van der Waals surface area contributed by atoms with Crippen molar-refractivity contribution in [1.29, 1.82) is 0 Å². The first-order valence-electron chi connectivity index (χ1n) is 10.2. The zero-order valence-electron chi connectivity index (χ0n) is 16.0. The molecule has 4 rings (SSSR count). The monoisotopic (exact) mass is 355 g/mol. The molecule has 0 aliphatic heterocycles. The van der Waals surface area contributed by atoms with Gasteiger partial charge in [0.1, 0.15) is 5.78 Å². The van der Waals surface area contributed by atoms with Crippen molar-refractivity contribution in [2.75, 3.05) is 6.54 Å². The van der Waals surface area contributed by atoms with Crippen LogP contribution in [0.25, 0.3) is 10.4 Å². The fourth-order valence-electron chi connectivity index (χ4n) is 7.09. The molecule has 0 aromatic rings. The number of allylic oxidation sites excluding steroid dienone is 1. The van der Waals surface area contributed by atoms with Crippen molar-refractivity contribution < 1.29 is 9.59 Å². The molecule has 0 aromatic carbocycles. The largest absolute Gasteiger partial charge is 0.299 e. The minimum atomic E-state index is -0.0897. The van der Waals surface area contributed by atoms with Gasteiger partial charge in [0.2, 0.25) is 0 Å². The van der Waals surface area contributed by atoms with Gasteiger partial charge in [-0.15, -0.1) is 0 Å². The molecule has 5 atom stereocenters. The average molecular weight is 355 g/mol. The Labute approximate surface area is 155 Å². The van der Waals surface area contributed by atoms with Gasteiger partial charge < -0.3 is 0 Å². The molecule has 140 valence electrons. The van der Waals surface area contributed by atoms with Crippen LogP contribution in [0.5, 0.6) is 0 Å². The van der Waals surface area contributed by atoms with E-state index in [2.05, 4.69) is 23.9 Å². The normalized spacial score (nSPS) is 42.0. The van der Waals surface area contributed by atoms with Crippen molar-refractivity contribution in [2.45, 2.75) is 71.6 Å². The van der Waals surface area contributed by atoms with Gasteiger partial charge in [-0.25, -0.2) is 0 Å². The SMILES string of the molecule is C[C@]12CCC(=O)C(CCN=[N+]=[N-])=C1CC[C@@H]1[C@H]2CC[C@]2(C)C(=O)CC[C@@H]12. The number of hydrogen-bond donors (Lipinski definition) is 0. The van der Waals surface area contributed by atoms with E-state index in [1.807, 2.05) is 0 Å². The molecular weight excluding hydrogens is 326 g/mol. The van der Waals surface area contributed by atoms with E-state index in [9.17, 15) is 9.59 Å². The van der Waals surface area contributed by atoms with E-state index in [1.54, 1.807) is 0 Å². The van der Waals surface area contributed by atoms with E-state index < -0.39 is 0 Å². The van der Waals surface area contributed by atoms with Gasteiger partial charge in [0.25, 0.3) is 0 Å². The third-order valence-electron chi connectivity index (χ3n) is 8.48. The maximum Gasteiger partial charge on any atom is 0.158 e. The molecule has 0 unspecified atom stereocenters. The standard InChI is InChI=1S/C21H29N3O2/c1-20-11-8-18(25)14(9-12-23-24-22)16(20)4-3-13-15-5-6-19(26)21(15,2)10-7-17(13)20/h13,15,17H,3-12H2,1-2H3/t13-,15-,17+,20-,21-/m0/s1. The number of rotatable bonds is 3. The second-order valence-electron chi connectivity index (χ2n) is 9.34. The third-order valence-corrected chi connectivity index (χ3v) is 8.48. The number of carbonyl (C=O) groups excluding carboxylic acids is 2. The fourth-order valence-corrected chi connectivity index (χ4v) is 7.09. The Morgan fingerprint density at radius 1 is 1.04 bits per heavy atom. The lowest BCUT2D eigenvalue weighted by atomic mass is 9.47. The molecule has 3 fully saturated rings. The first kappa shape index (κ1) is 17.8. The maximum absolute atomic E-state index is 12.6. The summed E-state index contributed by atoms with van der Waals surface area (Å²) < 4.78 is 0. The molecule has 0 bridgehead atoms. The van der Waals surface area contributed by atoms with Gasteiger partial charge in [-0.3, -0.25) is 9.59 Å². The molecule has 0 spiro atoms. The average Bonchev–Trinajstić information content (AvgIpc) is 2.93. The number of nitrogens with zero attached hydrogens (tertiary/aromatic N) is 3. The fraction of sp³-hybridized carbons (Fsp3) is 0.810. The summed E-state index contributed by atoms with van der Waals surface area (Å²) in [4.78, 5) is 27.9. The third kappa shape index (κ3) is 2.40. The molecule has 0 heterocycles. The minimum absolute atomic E-state index is 0.0897. The van der Waals surface area contributed by atoms with E-state index in [4.69, 9.17) is 5.53 Å². The van der Waals surface area contributed by atoms with Crippen LogP contribution < -0.4 is 0 Å². The van der Waals surface area contributed by atoms with Crippen molar-refractivity contribution >= 4 is 11.6 Å². The Bertz CT molecular complexity index is 736. The first-order chi connectivity index (χ1) is 12.4. The highest BCUT2D eigenvalue weighted by Crippen LogP contribution is 2.65. The van der Waals surface area contributed by atoms with Crippen molar-refractivity contribution in [2.24, 2.45) is 33.7 Å². The molecular formula is C21H29N3O2. The summed E-state index contributed by atoms with van der Waals surface area (Å²) in [6.45, 7) is 4.96. The topological polar surface area (TPSA) is 82.9 Å². The minimum Gasteiger partial charge on any atom is -0.299 e. The van der Waals surface area contributed by atoms with Crippen molar-refractivity contribution in [1.82, 2.24) is 0 Å². The number of Topliss-reactive ketones (excluding diaryl/α,β-unsaturated/α-hetero) is 2. The number of fused-ring (bicyclic) bond motifs is 5. The van der Waals surface area contributed by atoms with Crippen LogP contribution in [0.2, 0.25) is 0 Å².